The van der Waals surface area contributed by atoms with E-state index in [4.69, 9.17) is 9.26 Å². The zero-order valence-electron chi connectivity index (χ0n) is 13.6. The molecule has 1 saturated carbocycles. The monoisotopic (exact) mass is 355 g/mol. The predicted octanol–water partition coefficient (Wildman–Crippen LogP) is 4.08. The number of thiophene rings is 1. The molecule has 3 aromatic rings. The molecule has 128 valence electrons. The largest absolute Gasteiger partial charge is 0.481 e. The lowest BCUT2D eigenvalue weighted by molar-refractivity contribution is -0.122. The van der Waals surface area contributed by atoms with E-state index in [-0.39, 0.29) is 5.91 Å². The molecule has 1 N–H and O–H groups in total. The average molecular weight is 355 g/mol. The molecular weight excluding hydrogens is 338 g/mol. The van der Waals surface area contributed by atoms with Crippen molar-refractivity contribution in [1.82, 2.24) is 10.1 Å². The maximum atomic E-state index is 12.4. The van der Waals surface area contributed by atoms with Crippen molar-refractivity contribution in [3.8, 4) is 16.5 Å². The SMILES string of the molecule is CC(Oc1ccccc1)C(=O)Nc1ccsc1-c1nc(C2CC2)no1. The number of ether oxygens (including phenoxy) is 1. The number of carbonyl (C=O) groups is 1. The lowest BCUT2D eigenvalue weighted by Crippen LogP contribution is -2.30. The average Bonchev–Trinajstić information content (AvgIpc) is 3.17. The number of aromatic nitrogens is 2. The summed E-state index contributed by atoms with van der Waals surface area (Å²) in [7, 11) is 0. The van der Waals surface area contributed by atoms with Gasteiger partial charge in [0.05, 0.1) is 5.69 Å². The lowest BCUT2D eigenvalue weighted by atomic mass is 10.3. The molecule has 1 aromatic carbocycles. The fourth-order valence-electron chi connectivity index (χ4n) is 2.40. The molecule has 4 rings (SSSR count). The minimum atomic E-state index is -0.625. The number of carbonyl (C=O) groups excluding carboxylic acids is 1. The molecule has 25 heavy (non-hydrogen) atoms. The molecule has 6 nitrogen and oxygen atoms in total. The number of nitrogens with one attached hydrogen (secondary N) is 1. The summed E-state index contributed by atoms with van der Waals surface area (Å²) in [6.07, 6.45) is 1.60. The number of hydrogen-bond acceptors (Lipinski definition) is 6. The fraction of sp³-hybridized carbons (Fsp3) is 0.278. The Kier molecular flexibility index (Phi) is 4.23. The molecular formula is C18H17N3O3S. The van der Waals surface area contributed by atoms with Crippen molar-refractivity contribution in [1.29, 1.82) is 0 Å². The lowest BCUT2D eigenvalue weighted by Gasteiger charge is -2.14. The Labute approximate surface area is 148 Å². The normalized spacial score (nSPS) is 14.9. The van der Waals surface area contributed by atoms with Crippen molar-refractivity contribution in [2.75, 3.05) is 5.32 Å². The van der Waals surface area contributed by atoms with Gasteiger partial charge in [-0.2, -0.15) is 4.98 Å². The Hall–Kier alpha value is -2.67. The topological polar surface area (TPSA) is 77.2 Å². The molecule has 0 spiro atoms. The first-order chi connectivity index (χ1) is 12.2. The smallest absolute Gasteiger partial charge is 0.270 e. The van der Waals surface area contributed by atoms with Gasteiger partial charge in [-0.3, -0.25) is 4.79 Å². The molecule has 1 unspecified atom stereocenters. The van der Waals surface area contributed by atoms with Crippen LogP contribution < -0.4 is 10.1 Å². The summed E-state index contributed by atoms with van der Waals surface area (Å²) in [6, 6.07) is 11.1. The van der Waals surface area contributed by atoms with E-state index in [1.807, 2.05) is 41.8 Å². The van der Waals surface area contributed by atoms with E-state index in [1.165, 1.54) is 11.3 Å². The summed E-state index contributed by atoms with van der Waals surface area (Å²) < 4.78 is 11.0. The standard InChI is InChI=1S/C18H17N3O3S/c1-11(23-13-5-3-2-4-6-13)17(22)19-14-9-10-25-15(14)18-20-16(21-24-18)12-7-8-12/h2-6,9-12H,7-8H2,1H3,(H,19,22). The Bertz CT molecular complexity index is 871. The number of anilines is 1. The van der Waals surface area contributed by atoms with Gasteiger partial charge in [0.2, 0.25) is 0 Å². The van der Waals surface area contributed by atoms with Gasteiger partial charge in [-0.15, -0.1) is 11.3 Å². The van der Waals surface area contributed by atoms with Crippen molar-refractivity contribution in [3.05, 3.63) is 47.6 Å². The number of nitrogens with zero attached hydrogens (tertiary/aromatic N) is 2. The second kappa shape index (κ2) is 6.68. The van der Waals surface area contributed by atoms with Crippen molar-refractivity contribution in [2.45, 2.75) is 31.8 Å². The summed E-state index contributed by atoms with van der Waals surface area (Å²) in [5.41, 5.74) is 0.657. The van der Waals surface area contributed by atoms with E-state index in [1.54, 1.807) is 6.92 Å². The highest BCUT2D eigenvalue weighted by Gasteiger charge is 2.29. The summed E-state index contributed by atoms with van der Waals surface area (Å²) in [5.74, 6) is 2.05. The van der Waals surface area contributed by atoms with Gasteiger partial charge in [0.1, 0.15) is 10.6 Å². The Morgan fingerprint density at radius 2 is 2.12 bits per heavy atom. The molecule has 7 heteroatoms. The zero-order chi connectivity index (χ0) is 17.2. The number of rotatable bonds is 6. The third-order valence-electron chi connectivity index (χ3n) is 3.93. The first-order valence-corrected chi connectivity index (χ1v) is 9.02. The van der Waals surface area contributed by atoms with Gasteiger partial charge in [-0.1, -0.05) is 23.4 Å². The van der Waals surface area contributed by atoms with Crippen LogP contribution in [0.2, 0.25) is 0 Å². The molecule has 0 radical (unpaired) electrons. The van der Waals surface area contributed by atoms with Gasteiger partial charge in [0.25, 0.3) is 11.8 Å². The maximum absolute atomic E-state index is 12.4. The number of amides is 1. The van der Waals surface area contributed by atoms with Gasteiger partial charge < -0.3 is 14.6 Å². The van der Waals surface area contributed by atoms with Crippen LogP contribution in [0.1, 0.15) is 31.5 Å². The molecule has 0 bridgehead atoms. The summed E-state index contributed by atoms with van der Waals surface area (Å²) >= 11 is 1.45. The van der Waals surface area contributed by atoms with Gasteiger partial charge in [-0.05, 0) is 43.3 Å². The molecule has 1 aliphatic carbocycles. The van der Waals surface area contributed by atoms with E-state index < -0.39 is 6.10 Å². The predicted molar refractivity (Wildman–Crippen MR) is 94.7 cm³/mol. The molecule has 1 aliphatic rings. The van der Waals surface area contributed by atoms with Gasteiger partial charge in [-0.25, -0.2) is 0 Å². The van der Waals surface area contributed by atoms with E-state index in [2.05, 4.69) is 15.5 Å². The Balaban J connectivity index is 1.45. The number of hydrogen-bond donors (Lipinski definition) is 1. The molecule has 1 atom stereocenters. The van der Waals surface area contributed by atoms with Gasteiger partial charge in [0, 0.05) is 5.92 Å². The quantitative estimate of drug-likeness (QED) is 0.721. The van der Waals surface area contributed by atoms with Crippen LogP contribution >= 0.6 is 11.3 Å². The highest BCUT2D eigenvalue weighted by atomic mass is 32.1. The van der Waals surface area contributed by atoms with Crippen LogP contribution in [0.25, 0.3) is 10.8 Å². The number of benzene rings is 1. The Morgan fingerprint density at radius 3 is 2.88 bits per heavy atom. The van der Waals surface area contributed by atoms with Crippen LogP contribution in [0.5, 0.6) is 5.75 Å². The van der Waals surface area contributed by atoms with E-state index in [0.29, 0.717) is 23.2 Å². The van der Waals surface area contributed by atoms with E-state index in [0.717, 1.165) is 23.5 Å². The van der Waals surface area contributed by atoms with Crippen molar-refractivity contribution >= 4 is 22.9 Å². The second-order valence-corrected chi connectivity index (χ2v) is 6.87. The fourth-order valence-corrected chi connectivity index (χ4v) is 3.17. The molecule has 0 aliphatic heterocycles. The summed E-state index contributed by atoms with van der Waals surface area (Å²) in [6.45, 7) is 1.71. The minimum absolute atomic E-state index is 0.231. The van der Waals surface area contributed by atoms with Crippen molar-refractivity contribution < 1.29 is 14.1 Å². The van der Waals surface area contributed by atoms with E-state index >= 15 is 0 Å². The summed E-state index contributed by atoms with van der Waals surface area (Å²) in [4.78, 5) is 17.6. The van der Waals surface area contributed by atoms with Gasteiger partial charge >= 0.3 is 0 Å². The van der Waals surface area contributed by atoms with Crippen LogP contribution in [0.15, 0.2) is 46.3 Å². The van der Waals surface area contributed by atoms with Crippen molar-refractivity contribution in [3.63, 3.8) is 0 Å². The zero-order valence-corrected chi connectivity index (χ0v) is 14.5. The second-order valence-electron chi connectivity index (χ2n) is 5.96. The molecule has 2 heterocycles. The van der Waals surface area contributed by atoms with Crippen LogP contribution in [0, 0.1) is 0 Å². The van der Waals surface area contributed by atoms with E-state index in [9.17, 15) is 4.79 Å². The third kappa shape index (κ3) is 3.56. The molecule has 1 fully saturated rings. The molecule has 1 amide bonds. The highest BCUT2D eigenvalue weighted by molar-refractivity contribution is 7.14. The van der Waals surface area contributed by atoms with Crippen LogP contribution in [0.3, 0.4) is 0 Å². The molecule has 2 aromatic heterocycles. The highest BCUT2D eigenvalue weighted by Crippen LogP contribution is 2.40. The van der Waals surface area contributed by atoms with Crippen molar-refractivity contribution in [2.24, 2.45) is 0 Å². The first kappa shape index (κ1) is 15.8. The first-order valence-electron chi connectivity index (χ1n) is 8.15. The Morgan fingerprint density at radius 1 is 1.32 bits per heavy atom. The number of para-hydroxylation sites is 1. The van der Waals surface area contributed by atoms with Crippen LogP contribution in [-0.2, 0) is 4.79 Å². The minimum Gasteiger partial charge on any atom is -0.481 e. The van der Waals surface area contributed by atoms with Gasteiger partial charge in [0.15, 0.2) is 11.9 Å². The van der Waals surface area contributed by atoms with Crippen LogP contribution in [-0.4, -0.2) is 22.2 Å². The molecule has 0 saturated heterocycles. The third-order valence-corrected chi connectivity index (χ3v) is 4.83. The maximum Gasteiger partial charge on any atom is 0.270 e. The summed E-state index contributed by atoms with van der Waals surface area (Å²) in [5, 5.41) is 8.79. The van der Waals surface area contributed by atoms with Crippen LogP contribution in [0.4, 0.5) is 5.69 Å².